The van der Waals surface area contributed by atoms with E-state index in [-0.39, 0.29) is 5.97 Å². The number of ether oxygens (including phenoxy) is 4. The minimum absolute atomic E-state index is 0.316. The number of carbonyl (C=O) groups excluding carboxylic acids is 1. The minimum Gasteiger partial charge on any atom is -0.496 e. The molecular weight excluding hydrogens is 528 g/mol. The molecule has 0 saturated carbocycles. The number of para-hydroxylation sites is 1. The van der Waals surface area contributed by atoms with Crippen LogP contribution in [0.25, 0.3) is 10.8 Å². The molecule has 0 spiro atoms. The van der Waals surface area contributed by atoms with Crippen molar-refractivity contribution in [2.45, 2.75) is 38.0 Å². The van der Waals surface area contributed by atoms with Crippen LogP contribution in [0.15, 0.2) is 84.9 Å². The molecule has 1 unspecified atom stereocenters. The fraction of sp³-hybridized carbons (Fsp3) is 0.343. The van der Waals surface area contributed by atoms with Crippen LogP contribution in [0, 0.1) is 0 Å². The van der Waals surface area contributed by atoms with E-state index in [1.54, 1.807) is 7.11 Å². The van der Waals surface area contributed by atoms with Crippen molar-refractivity contribution in [3.8, 4) is 11.5 Å². The highest BCUT2D eigenvalue weighted by atomic mass is 16.5. The van der Waals surface area contributed by atoms with Crippen molar-refractivity contribution in [1.82, 2.24) is 10.6 Å². The van der Waals surface area contributed by atoms with Crippen LogP contribution < -0.4 is 20.1 Å². The summed E-state index contributed by atoms with van der Waals surface area (Å²) in [6.07, 6.45) is 1.90. The van der Waals surface area contributed by atoms with Crippen LogP contribution in [0.5, 0.6) is 11.5 Å². The quantitative estimate of drug-likeness (QED) is 0.155. The van der Waals surface area contributed by atoms with Gasteiger partial charge in [0.1, 0.15) is 11.5 Å². The zero-order valence-electron chi connectivity index (χ0n) is 24.4. The molecule has 2 N–H and O–H groups in total. The molecule has 42 heavy (non-hydrogen) atoms. The van der Waals surface area contributed by atoms with E-state index in [1.165, 1.54) is 18.2 Å². The molecule has 1 aliphatic heterocycles. The smallest absolute Gasteiger partial charge is 0.337 e. The monoisotopic (exact) mass is 568 g/mol. The molecule has 0 amide bonds. The van der Waals surface area contributed by atoms with Crippen molar-refractivity contribution < 1.29 is 23.7 Å². The highest BCUT2D eigenvalue weighted by Crippen LogP contribution is 2.28. The minimum atomic E-state index is -0.316. The molecule has 1 saturated heterocycles. The first kappa shape index (κ1) is 29.6. The van der Waals surface area contributed by atoms with Crippen LogP contribution in [0.4, 0.5) is 0 Å². The van der Waals surface area contributed by atoms with Gasteiger partial charge in [-0.25, -0.2) is 4.79 Å². The van der Waals surface area contributed by atoms with Gasteiger partial charge >= 0.3 is 5.97 Å². The predicted octanol–water partition coefficient (Wildman–Crippen LogP) is 5.86. The number of methoxy groups -OCH3 is 2. The molecule has 1 fully saturated rings. The SMILES string of the molecule is COC(=O)c1ccc2cc(CNC3CNCC[C@@H]3c3ccc(OCCCOCc4ccccc4OC)cc3)ccc2c1. The summed E-state index contributed by atoms with van der Waals surface area (Å²) in [5.74, 6) is 1.84. The molecule has 220 valence electrons. The van der Waals surface area contributed by atoms with Gasteiger partial charge < -0.3 is 29.6 Å². The maximum atomic E-state index is 11.9. The van der Waals surface area contributed by atoms with Crippen LogP contribution in [0.3, 0.4) is 0 Å². The zero-order chi connectivity index (χ0) is 29.1. The molecule has 4 aromatic carbocycles. The highest BCUT2D eigenvalue weighted by Gasteiger charge is 2.26. The summed E-state index contributed by atoms with van der Waals surface area (Å²) in [6, 6.07) is 28.9. The van der Waals surface area contributed by atoms with Crippen molar-refractivity contribution in [3.05, 3.63) is 107 Å². The van der Waals surface area contributed by atoms with Gasteiger partial charge in [0.15, 0.2) is 0 Å². The summed E-state index contributed by atoms with van der Waals surface area (Å²) >= 11 is 0. The molecule has 0 aliphatic carbocycles. The van der Waals surface area contributed by atoms with Crippen molar-refractivity contribution in [2.75, 3.05) is 40.5 Å². The van der Waals surface area contributed by atoms with Crippen LogP contribution in [0.2, 0.25) is 0 Å². The lowest BCUT2D eigenvalue weighted by molar-refractivity contribution is 0.0601. The molecule has 0 bridgehead atoms. The molecular formula is C35H40N2O5. The normalized spacial score (nSPS) is 16.7. The zero-order valence-corrected chi connectivity index (χ0v) is 24.4. The van der Waals surface area contributed by atoms with Gasteiger partial charge in [-0.2, -0.15) is 0 Å². The number of carbonyl (C=O) groups is 1. The average Bonchev–Trinajstić information content (AvgIpc) is 3.05. The van der Waals surface area contributed by atoms with Gasteiger partial charge in [-0.1, -0.05) is 48.5 Å². The van der Waals surface area contributed by atoms with Crippen LogP contribution in [-0.2, 0) is 22.6 Å². The second-order valence-electron chi connectivity index (χ2n) is 10.6. The van der Waals surface area contributed by atoms with E-state index in [2.05, 4.69) is 53.1 Å². The average molecular weight is 569 g/mol. The van der Waals surface area contributed by atoms with Gasteiger partial charge in [-0.15, -0.1) is 0 Å². The number of hydrogen-bond donors (Lipinski definition) is 2. The van der Waals surface area contributed by atoms with Gasteiger partial charge in [0, 0.05) is 37.0 Å². The second kappa shape index (κ2) is 14.8. The Kier molecular flexibility index (Phi) is 10.4. The topological polar surface area (TPSA) is 78.1 Å². The third kappa shape index (κ3) is 7.68. The van der Waals surface area contributed by atoms with E-state index in [1.807, 2.05) is 42.5 Å². The summed E-state index contributed by atoms with van der Waals surface area (Å²) < 4.78 is 22.0. The third-order valence-corrected chi connectivity index (χ3v) is 7.84. The number of hydrogen-bond acceptors (Lipinski definition) is 7. The molecule has 5 rings (SSSR count). The van der Waals surface area contributed by atoms with E-state index in [0.717, 1.165) is 60.3 Å². The molecule has 4 aromatic rings. The first-order chi connectivity index (χ1) is 20.6. The summed E-state index contributed by atoms with van der Waals surface area (Å²) in [6.45, 7) is 4.48. The molecule has 2 atom stereocenters. The number of nitrogens with one attached hydrogen (secondary N) is 2. The number of fused-ring (bicyclic) bond motifs is 1. The Morgan fingerprint density at radius 3 is 2.57 bits per heavy atom. The maximum absolute atomic E-state index is 11.9. The second-order valence-corrected chi connectivity index (χ2v) is 10.6. The lowest BCUT2D eigenvalue weighted by Crippen LogP contribution is -2.47. The Hall–Kier alpha value is -3.91. The third-order valence-electron chi connectivity index (χ3n) is 7.84. The maximum Gasteiger partial charge on any atom is 0.337 e. The van der Waals surface area contributed by atoms with Crippen molar-refractivity contribution in [1.29, 1.82) is 0 Å². The Morgan fingerprint density at radius 2 is 1.74 bits per heavy atom. The van der Waals surface area contributed by atoms with Gasteiger partial charge in [-0.3, -0.25) is 0 Å². The number of esters is 1. The lowest BCUT2D eigenvalue weighted by Gasteiger charge is -2.33. The predicted molar refractivity (Wildman–Crippen MR) is 165 cm³/mol. The first-order valence-electron chi connectivity index (χ1n) is 14.6. The summed E-state index contributed by atoms with van der Waals surface area (Å²) in [4.78, 5) is 11.9. The fourth-order valence-electron chi connectivity index (χ4n) is 5.54. The van der Waals surface area contributed by atoms with Gasteiger partial charge in [0.05, 0.1) is 39.6 Å². The molecule has 0 aromatic heterocycles. The summed E-state index contributed by atoms with van der Waals surface area (Å²) in [7, 11) is 3.08. The van der Waals surface area contributed by atoms with Gasteiger partial charge in [0.25, 0.3) is 0 Å². The standard InChI is InChI=1S/C35H40N2O5/c1-39-34-7-4-3-6-30(34)24-41-18-5-19-42-31-14-12-26(13-15-31)32-16-17-36-23-33(32)37-22-25-8-9-28-21-29(35(38)40-2)11-10-27(28)20-25/h3-4,6-15,20-21,32-33,36-37H,5,16-19,22-24H2,1-2H3/t32-,33?/m1/s1. The van der Waals surface area contributed by atoms with Crippen molar-refractivity contribution >= 4 is 16.7 Å². The number of benzene rings is 4. The van der Waals surface area contributed by atoms with E-state index < -0.39 is 0 Å². The Morgan fingerprint density at radius 1 is 0.929 bits per heavy atom. The fourth-order valence-corrected chi connectivity index (χ4v) is 5.54. The summed E-state index contributed by atoms with van der Waals surface area (Å²) in [5, 5.41) is 9.47. The van der Waals surface area contributed by atoms with Crippen LogP contribution >= 0.6 is 0 Å². The molecule has 7 nitrogen and oxygen atoms in total. The van der Waals surface area contributed by atoms with E-state index in [9.17, 15) is 4.79 Å². The molecule has 0 radical (unpaired) electrons. The molecule has 1 heterocycles. The van der Waals surface area contributed by atoms with Crippen molar-refractivity contribution in [3.63, 3.8) is 0 Å². The first-order valence-corrected chi connectivity index (χ1v) is 14.6. The lowest BCUT2D eigenvalue weighted by atomic mass is 9.86. The van der Waals surface area contributed by atoms with Crippen LogP contribution in [0.1, 0.15) is 45.8 Å². The number of piperidine rings is 1. The van der Waals surface area contributed by atoms with Crippen molar-refractivity contribution in [2.24, 2.45) is 0 Å². The Bertz CT molecular complexity index is 1460. The highest BCUT2D eigenvalue weighted by molar-refractivity contribution is 5.95. The largest absolute Gasteiger partial charge is 0.496 e. The Labute approximate surface area is 248 Å². The Balaban J connectivity index is 1.09. The van der Waals surface area contributed by atoms with Crippen LogP contribution in [-0.4, -0.2) is 52.5 Å². The van der Waals surface area contributed by atoms with E-state index in [4.69, 9.17) is 18.9 Å². The number of rotatable bonds is 13. The van der Waals surface area contributed by atoms with Gasteiger partial charge in [-0.05, 0) is 71.3 Å². The van der Waals surface area contributed by atoms with E-state index >= 15 is 0 Å². The van der Waals surface area contributed by atoms with Gasteiger partial charge in [0.2, 0.25) is 0 Å². The molecule has 1 aliphatic rings. The molecule has 7 heteroatoms. The summed E-state index contributed by atoms with van der Waals surface area (Å²) in [5.41, 5.74) is 4.16. The van der Waals surface area contributed by atoms with E-state index in [0.29, 0.717) is 37.3 Å².